The van der Waals surface area contributed by atoms with Gasteiger partial charge in [-0.3, -0.25) is 9.69 Å². The Bertz CT molecular complexity index is 808. The molecular formula is C19H22N4O4. The first kappa shape index (κ1) is 17.6. The molecule has 1 saturated heterocycles. The number of aromatic nitrogens is 1. The fourth-order valence-corrected chi connectivity index (χ4v) is 3.01. The fourth-order valence-electron chi connectivity index (χ4n) is 3.01. The van der Waals surface area contributed by atoms with E-state index < -0.39 is 0 Å². The van der Waals surface area contributed by atoms with Crippen LogP contribution in [0.5, 0.6) is 11.5 Å². The maximum Gasteiger partial charge on any atom is 0.255 e. The molecule has 2 aliphatic rings. The van der Waals surface area contributed by atoms with Crippen LogP contribution in [0.15, 0.2) is 36.5 Å². The van der Waals surface area contributed by atoms with Crippen LogP contribution in [0.25, 0.3) is 0 Å². The van der Waals surface area contributed by atoms with Gasteiger partial charge in [-0.15, -0.1) is 0 Å². The van der Waals surface area contributed by atoms with Crippen LogP contribution in [0.1, 0.15) is 10.4 Å². The van der Waals surface area contributed by atoms with Gasteiger partial charge in [-0.25, -0.2) is 4.98 Å². The van der Waals surface area contributed by atoms with Gasteiger partial charge in [0, 0.05) is 49.7 Å². The minimum Gasteiger partial charge on any atom is -0.454 e. The highest BCUT2D eigenvalue weighted by molar-refractivity contribution is 6.04. The molecule has 0 radical (unpaired) electrons. The van der Waals surface area contributed by atoms with Gasteiger partial charge in [0.25, 0.3) is 5.91 Å². The molecule has 2 aliphatic heterocycles. The summed E-state index contributed by atoms with van der Waals surface area (Å²) in [4.78, 5) is 19.2. The van der Waals surface area contributed by atoms with Crippen LogP contribution in [0.2, 0.25) is 0 Å². The number of carbonyl (C=O) groups is 1. The summed E-state index contributed by atoms with van der Waals surface area (Å²) < 4.78 is 16.0. The summed E-state index contributed by atoms with van der Waals surface area (Å²) in [6, 6.07) is 8.76. The third kappa shape index (κ3) is 4.47. The molecule has 2 aromatic rings. The number of pyridine rings is 1. The predicted molar refractivity (Wildman–Crippen MR) is 101 cm³/mol. The molecule has 4 rings (SSSR count). The fraction of sp³-hybridized carbons (Fsp3) is 0.368. The molecule has 1 fully saturated rings. The van der Waals surface area contributed by atoms with E-state index in [1.165, 1.54) is 0 Å². The summed E-state index contributed by atoms with van der Waals surface area (Å²) in [6.45, 7) is 5.36. The number of ether oxygens (including phenoxy) is 3. The Morgan fingerprint density at radius 1 is 1.11 bits per heavy atom. The SMILES string of the molecule is O=C(Nc1ccc2c(c1)OCO2)c1ccnc(NCCN2CCOCC2)c1. The van der Waals surface area contributed by atoms with E-state index in [-0.39, 0.29) is 12.7 Å². The molecule has 3 heterocycles. The average Bonchev–Trinajstić information content (AvgIpc) is 3.17. The predicted octanol–water partition coefficient (Wildman–Crippen LogP) is 1.81. The molecule has 1 aromatic carbocycles. The van der Waals surface area contributed by atoms with Gasteiger partial charge in [0.05, 0.1) is 13.2 Å². The number of morpholine rings is 1. The van der Waals surface area contributed by atoms with Gasteiger partial charge in [-0.1, -0.05) is 0 Å². The van der Waals surface area contributed by atoms with Crippen molar-refractivity contribution in [2.45, 2.75) is 0 Å². The van der Waals surface area contributed by atoms with Crippen molar-refractivity contribution in [2.75, 3.05) is 56.8 Å². The molecule has 1 aromatic heterocycles. The molecule has 0 spiro atoms. The van der Waals surface area contributed by atoms with E-state index in [0.717, 1.165) is 39.4 Å². The number of rotatable bonds is 6. The standard InChI is InChI=1S/C19H22N4O4/c24-19(22-15-1-2-16-17(12-15)27-13-26-16)14-3-4-20-18(11-14)21-5-6-23-7-9-25-10-8-23/h1-4,11-12H,5-10,13H2,(H,20,21)(H,22,24). The van der Waals surface area contributed by atoms with Crippen molar-refractivity contribution in [3.05, 3.63) is 42.1 Å². The van der Waals surface area contributed by atoms with Crippen LogP contribution in [0.3, 0.4) is 0 Å². The van der Waals surface area contributed by atoms with E-state index in [4.69, 9.17) is 14.2 Å². The Morgan fingerprint density at radius 3 is 2.85 bits per heavy atom. The van der Waals surface area contributed by atoms with E-state index >= 15 is 0 Å². The van der Waals surface area contributed by atoms with Gasteiger partial charge in [0.15, 0.2) is 11.5 Å². The number of amides is 1. The lowest BCUT2D eigenvalue weighted by Crippen LogP contribution is -2.39. The number of anilines is 2. The first-order valence-electron chi connectivity index (χ1n) is 8.99. The monoisotopic (exact) mass is 370 g/mol. The van der Waals surface area contributed by atoms with Crippen molar-refractivity contribution < 1.29 is 19.0 Å². The van der Waals surface area contributed by atoms with Crippen LogP contribution < -0.4 is 20.1 Å². The van der Waals surface area contributed by atoms with Crippen molar-refractivity contribution in [3.63, 3.8) is 0 Å². The second-order valence-corrected chi connectivity index (χ2v) is 6.33. The molecule has 0 bridgehead atoms. The first-order valence-corrected chi connectivity index (χ1v) is 8.99. The lowest BCUT2D eigenvalue weighted by Gasteiger charge is -2.26. The summed E-state index contributed by atoms with van der Waals surface area (Å²) in [7, 11) is 0. The molecule has 27 heavy (non-hydrogen) atoms. The van der Waals surface area contributed by atoms with Crippen LogP contribution in [0.4, 0.5) is 11.5 Å². The van der Waals surface area contributed by atoms with Crippen molar-refractivity contribution >= 4 is 17.4 Å². The zero-order valence-electron chi connectivity index (χ0n) is 14.9. The van der Waals surface area contributed by atoms with E-state index in [2.05, 4.69) is 20.5 Å². The third-order valence-electron chi connectivity index (χ3n) is 4.49. The topological polar surface area (TPSA) is 85.0 Å². The van der Waals surface area contributed by atoms with Crippen LogP contribution in [-0.2, 0) is 4.74 Å². The Labute approximate surface area is 157 Å². The Kier molecular flexibility index (Phi) is 5.36. The van der Waals surface area contributed by atoms with Crippen molar-refractivity contribution in [1.29, 1.82) is 0 Å². The van der Waals surface area contributed by atoms with E-state index in [0.29, 0.717) is 28.6 Å². The molecule has 0 saturated carbocycles. The van der Waals surface area contributed by atoms with Gasteiger partial charge >= 0.3 is 0 Å². The summed E-state index contributed by atoms with van der Waals surface area (Å²) >= 11 is 0. The molecule has 0 atom stereocenters. The summed E-state index contributed by atoms with van der Waals surface area (Å²) in [5, 5.41) is 6.15. The highest BCUT2D eigenvalue weighted by Crippen LogP contribution is 2.34. The normalized spacial score (nSPS) is 16.1. The van der Waals surface area contributed by atoms with Crippen molar-refractivity contribution in [3.8, 4) is 11.5 Å². The summed E-state index contributed by atoms with van der Waals surface area (Å²) in [6.07, 6.45) is 1.63. The largest absolute Gasteiger partial charge is 0.454 e. The molecule has 8 nitrogen and oxygen atoms in total. The van der Waals surface area contributed by atoms with Crippen molar-refractivity contribution in [1.82, 2.24) is 9.88 Å². The molecule has 8 heteroatoms. The van der Waals surface area contributed by atoms with E-state index in [9.17, 15) is 4.79 Å². The molecular weight excluding hydrogens is 348 g/mol. The van der Waals surface area contributed by atoms with Gasteiger partial charge < -0.3 is 24.8 Å². The summed E-state index contributed by atoms with van der Waals surface area (Å²) in [5.41, 5.74) is 1.19. The minimum absolute atomic E-state index is 0.201. The second kappa shape index (κ2) is 8.24. The average molecular weight is 370 g/mol. The number of hydrogen-bond acceptors (Lipinski definition) is 7. The number of nitrogens with zero attached hydrogens (tertiary/aromatic N) is 2. The van der Waals surface area contributed by atoms with Gasteiger partial charge in [-0.05, 0) is 24.3 Å². The molecule has 142 valence electrons. The highest BCUT2D eigenvalue weighted by atomic mass is 16.7. The molecule has 0 unspecified atom stereocenters. The first-order chi connectivity index (χ1) is 13.3. The zero-order valence-corrected chi connectivity index (χ0v) is 14.9. The maximum atomic E-state index is 12.5. The number of carbonyl (C=O) groups excluding carboxylic acids is 1. The minimum atomic E-state index is -0.201. The zero-order chi connectivity index (χ0) is 18.5. The third-order valence-corrected chi connectivity index (χ3v) is 4.49. The van der Waals surface area contributed by atoms with E-state index in [1.807, 2.05) is 0 Å². The Hall–Kier alpha value is -2.84. The molecule has 0 aliphatic carbocycles. The number of fused-ring (bicyclic) bond motifs is 1. The Balaban J connectivity index is 1.33. The smallest absolute Gasteiger partial charge is 0.255 e. The molecule has 1 amide bonds. The van der Waals surface area contributed by atoms with Crippen molar-refractivity contribution in [2.24, 2.45) is 0 Å². The molecule has 2 N–H and O–H groups in total. The lowest BCUT2D eigenvalue weighted by molar-refractivity contribution is 0.0398. The Morgan fingerprint density at radius 2 is 1.96 bits per heavy atom. The van der Waals surface area contributed by atoms with Gasteiger partial charge in [0.2, 0.25) is 6.79 Å². The van der Waals surface area contributed by atoms with Crippen LogP contribution in [-0.4, -0.2) is 62.0 Å². The van der Waals surface area contributed by atoms with Gasteiger partial charge in [-0.2, -0.15) is 0 Å². The van der Waals surface area contributed by atoms with E-state index in [1.54, 1.807) is 36.5 Å². The number of nitrogens with one attached hydrogen (secondary N) is 2. The van der Waals surface area contributed by atoms with Gasteiger partial charge in [0.1, 0.15) is 5.82 Å². The summed E-state index contributed by atoms with van der Waals surface area (Å²) in [5.74, 6) is 1.80. The number of hydrogen-bond donors (Lipinski definition) is 2. The quantitative estimate of drug-likeness (QED) is 0.802. The number of benzene rings is 1. The maximum absolute atomic E-state index is 12.5. The lowest BCUT2D eigenvalue weighted by atomic mass is 10.2. The second-order valence-electron chi connectivity index (χ2n) is 6.33. The van der Waals surface area contributed by atoms with Crippen LogP contribution in [0, 0.1) is 0 Å². The highest BCUT2D eigenvalue weighted by Gasteiger charge is 2.15. The van der Waals surface area contributed by atoms with Crippen LogP contribution >= 0.6 is 0 Å².